The predicted octanol–water partition coefficient (Wildman–Crippen LogP) is 4.01. The second-order valence-corrected chi connectivity index (χ2v) is 5.84. The molecule has 3 nitrogen and oxygen atoms in total. The smallest absolute Gasteiger partial charge is 0.256 e. The topological polar surface area (TPSA) is 42.0 Å². The van der Waals surface area contributed by atoms with Crippen LogP contribution in [-0.4, -0.2) is 10.9 Å². The molecule has 1 amide bonds. The molecule has 0 unspecified atom stereocenters. The summed E-state index contributed by atoms with van der Waals surface area (Å²) < 4.78 is 1.79. The van der Waals surface area contributed by atoms with Gasteiger partial charge in [-0.15, -0.1) is 0 Å². The lowest BCUT2D eigenvalue weighted by atomic mass is 10.2. The molecule has 5 heteroatoms. The summed E-state index contributed by atoms with van der Waals surface area (Å²) >= 11 is 5.51. The first-order valence-electron chi connectivity index (χ1n) is 5.25. The number of rotatable bonds is 2. The molecule has 0 spiro atoms. The maximum Gasteiger partial charge on any atom is 0.256 e. The highest BCUT2D eigenvalue weighted by Crippen LogP contribution is 2.19. The molecule has 2 aromatic rings. The molecule has 0 radical (unpaired) electrons. The zero-order valence-electron chi connectivity index (χ0n) is 9.58. The van der Waals surface area contributed by atoms with E-state index in [-0.39, 0.29) is 5.91 Å². The van der Waals surface area contributed by atoms with Gasteiger partial charge < -0.3 is 5.32 Å². The molecular weight excluding hydrogens is 407 g/mol. The van der Waals surface area contributed by atoms with Crippen LogP contribution < -0.4 is 5.32 Å². The van der Waals surface area contributed by atoms with Crippen LogP contribution in [0.3, 0.4) is 0 Å². The second-order valence-electron chi connectivity index (χ2n) is 3.77. The number of amides is 1. The fourth-order valence-corrected chi connectivity index (χ4v) is 2.35. The third kappa shape index (κ3) is 3.29. The maximum atomic E-state index is 12.1. The summed E-state index contributed by atoms with van der Waals surface area (Å²) in [6.07, 6.45) is 1.65. The Balaban J connectivity index is 2.21. The standard InChI is InChI=1S/C13H10BrIN2O/c1-8-2-4-10(7-16-8)17-13(18)11-6-9(14)3-5-12(11)15/h2-7H,1H3,(H,17,18). The van der Waals surface area contributed by atoms with Crippen molar-refractivity contribution < 1.29 is 4.79 Å². The van der Waals surface area contributed by atoms with E-state index in [1.54, 1.807) is 12.3 Å². The Labute approximate surface area is 127 Å². The molecular formula is C13H10BrIN2O. The Hall–Kier alpha value is -0.950. The van der Waals surface area contributed by atoms with E-state index >= 15 is 0 Å². The molecule has 1 heterocycles. The molecule has 0 fully saturated rings. The van der Waals surface area contributed by atoms with Crippen LogP contribution in [0, 0.1) is 10.5 Å². The number of hydrogen-bond donors (Lipinski definition) is 1. The van der Waals surface area contributed by atoms with Crippen molar-refractivity contribution in [3.63, 3.8) is 0 Å². The van der Waals surface area contributed by atoms with E-state index < -0.39 is 0 Å². The highest BCUT2D eigenvalue weighted by atomic mass is 127. The number of anilines is 1. The lowest BCUT2D eigenvalue weighted by Gasteiger charge is -2.07. The Morgan fingerprint density at radius 1 is 1.33 bits per heavy atom. The average molecular weight is 417 g/mol. The fourth-order valence-electron chi connectivity index (χ4n) is 1.41. The number of nitrogens with one attached hydrogen (secondary N) is 1. The molecule has 0 aliphatic heterocycles. The minimum atomic E-state index is -0.133. The van der Waals surface area contributed by atoms with Crippen LogP contribution in [0.1, 0.15) is 16.1 Å². The Morgan fingerprint density at radius 2 is 2.11 bits per heavy atom. The van der Waals surface area contributed by atoms with E-state index in [0.717, 1.165) is 13.7 Å². The molecule has 0 saturated heterocycles. The molecule has 0 saturated carbocycles. The first-order valence-corrected chi connectivity index (χ1v) is 7.12. The summed E-state index contributed by atoms with van der Waals surface area (Å²) in [5.74, 6) is -0.133. The second kappa shape index (κ2) is 5.79. The highest BCUT2D eigenvalue weighted by Gasteiger charge is 2.10. The van der Waals surface area contributed by atoms with Gasteiger partial charge >= 0.3 is 0 Å². The lowest BCUT2D eigenvalue weighted by molar-refractivity contribution is 0.102. The van der Waals surface area contributed by atoms with Gasteiger partial charge in [0.05, 0.1) is 17.4 Å². The van der Waals surface area contributed by atoms with Crippen molar-refractivity contribution in [1.29, 1.82) is 0 Å². The minimum Gasteiger partial charge on any atom is -0.321 e. The third-order valence-corrected chi connectivity index (χ3v) is 3.78. The number of hydrogen-bond acceptors (Lipinski definition) is 2. The van der Waals surface area contributed by atoms with Gasteiger partial charge in [0.25, 0.3) is 5.91 Å². The van der Waals surface area contributed by atoms with E-state index in [1.165, 1.54) is 0 Å². The molecule has 2 rings (SSSR count). The van der Waals surface area contributed by atoms with Crippen LogP contribution in [0.15, 0.2) is 41.0 Å². The fraction of sp³-hybridized carbons (Fsp3) is 0.0769. The van der Waals surface area contributed by atoms with Crippen molar-refractivity contribution in [3.8, 4) is 0 Å². The number of aryl methyl sites for hydroxylation is 1. The highest BCUT2D eigenvalue weighted by molar-refractivity contribution is 14.1. The molecule has 0 aliphatic carbocycles. The average Bonchev–Trinajstić information content (AvgIpc) is 2.35. The van der Waals surface area contributed by atoms with Crippen molar-refractivity contribution in [2.24, 2.45) is 0 Å². The number of aromatic nitrogens is 1. The van der Waals surface area contributed by atoms with Gasteiger partial charge in [-0.25, -0.2) is 0 Å². The summed E-state index contributed by atoms with van der Waals surface area (Å²) in [4.78, 5) is 16.2. The van der Waals surface area contributed by atoms with Crippen molar-refractivity contribution in [2.75, 3.05) is 5.32 Å². The molecule has 1 aromatic heterocycles. The van der Waals surface area contributed by atoms with Crippen LogP contribution in [0.25, 0.3) is 0 Å². The SMILES string of the molecule is Cc1ccc(NC(=O)c2cc(Br)ccc2I)cn1. The first-order chi connectivity index (χ1) is 8.56. The summed E-state index contributed by atoms with van der Waals surface area (Å²) in [6.45, 7) is 1.91. The van der Waals surface area contributed by atoms with Crippen LogP contribution >= 0.6 is 38.5 Å². The van der Waals surface area contributed by atoms with Gasteiger partial charge in [0.15, 0.2) is 0 Å². The first kappa shape index (κ1) is 13.5. The molecule has 1 N–H and O–H groups in total. The zero-order valence-corrected chi connectivity index (χ0v) is 13.3. The quantitative estimate of drug-likeness (QED) is 0.751. The number of benzene rings is 1. The van der Waals surface area contributed by atoms with Gasteiger partial charge in [0.2, 0.25) is 0 Å². The van der Waals surface area contributed by atoms with Crippen molar-refractivity contribution in [1.82, 2.24) is 4.98 Å². The molecule has 0 aliphatic rings. The maximum absolute atomic E-state index is 12.1. The number of pyridine rings is 1. The van der Waals surface area contributed by atoms with Gasteiger partial charge in [-0.2, -0.15) is 0 Å². The molecule has 92 valence electrons. The van der Waals surface area contributed by atoms with Gasteiger partial charge in [-0.3, -0.25) is 9.78 Å². The summed E-state index contributed by atoms with van der Waals surface area (Å²) in [5.41, 5.74) is 2.26. The number of carbonyl (C=O) groups excluding carboxylic acids is 1. The Bertz CT molecular complexity index is 584. The summed E-state index contributed by atoms with van der Waals surface area (Å²) in [6, 6.07) is 9.31. The molecule has 0 bridgehead atoms. The summed E-state index contributed by atoms with van der Waals surface area (Å²) in [5, 5.41) is 2.83. The van der Waals surface area contributed by atoms with Crippen molar-refractivity contribution in [3.05, 3.63) is 55.8 Å². The number of halogens is 2. The number of nitrogens with zero attached hydrogens (tertiary/aromatic N) is 1. The molecule has 18 heavy (non-hydrogen) atoms. The van der Waals surface area contributed by atoms with Crippen molar-refractivity contribution in [2.45, 2.75) is 6.92 Å². The van der Waals surface area contributed by atoms with E-state index in [1.807, 2.05) is 31.2 Å². The summed E-state index contributed by atoms with van der Waals surface area (Å²) in [7, 11) is 0. The van der Waals surface area contributed by atoms with E-state index in [4.69, 9.17) is 0 Å². The van der Waals surface area contributed by atoms with E-state index in [0.29, 0.717) is 11.3 Å². The van der Waals surface area contributed by atoms with Gasteiger partial charge in [-0.1, -0.05) is 15.9 Å². The van der Waals surface area contributed by atoms with Gasteiger partial charge in [-0.05, 0) is 59.8 Å². The van der Waals surface area contributed by atoms with Crippen LogP contribution in [0.5, 0.6) is 0 Å². The van der Waals surface area contributed by atoms with E-state index in [9.17, 15) is 4.79 Å². The Morgan fingerprint density at radius 3 is 2.78 bits per heavy atom. The van der Waals surface area contributed by atoms with Crippen LogP contribution in [0.4, 0.5) is 5.69 Å². The minimum absolute atomic E-state index is 0.133. The normalized spacial score (nSPS) is 10.2. The van der Waals surface area contributed by atoms with Gasteiger partial charge in [0, 0.05) is 13.7 Å². The van der Waals surface area contributed by atoms with Crippen LogP contribution in [-0.2, 0) is 0 Å². The van der Waals surface area contributed by atoms with Crippen LogP contribution in [0.2, 0.25) is 0 Å². The van der Waals surface area contributed by atoms with Crippen molar-refractivity contribution >= 4 is 50.1 Å². The molecule has 0 atom stereocenters. The third-order valence-electron chi connectivity index (χ3n) is 2.34. The van der Waals surface area contributed by atoms with Gasteiger partial charge in [0.1, 0.15) is 0 Å². The largest absolute Gasteiger partial charge is 0.321 e. The number of carbonyl (C=O) groups is 1. The Kier molecular flexibility index (Phi) is 4.34. The monoisotopic (exact) mass is 416 g/mol. The predicted molar refractivity (Wildman–Crippen MR) is 83.8 cm³/mol. The van der Waals surface area contributed by atoms with E-state index in [2.05, 4.69) is 48.8 Å². The lowest BCUT2D eigenvalue weighted by Crippen LogP contribution is -2.13. The zero-order chi connectivity index (χ0) is 13.1. The molecule has 1 aromatic carbocycles.